The second kappa shape index (κ2) is 7.39. The van der Waals surface area contributed by atoms with Crippen LogP contribution < -0.4 is 11.1 Å². The molecule has 128 valence electrons. The first-order valence-electron chi connectivity index (χ1n) is 7.10. The number of aromatic nitrogens is 3. The number of rotatable bonds is 5. The Kier molecular flexibility index (Phi) is 5.03. The first-order chi connectivity index (χ1) is 12.0. The van der Waals surface area contributed by atoms with Crippen molar-refractivity contribution in [2.45, 2.75) is 10.6 Å². The molecular formula is C16H12F3N5S. The van der Waals surface area contributed by atoms with Gasteiger partial charge in [0.15, 0.2) is 11.6 Å². The van der Waals surface area contributed by atoms with Crippen molar-refractivity contribution in [3.8, 4) is 0 Å². The van der Waals surface area contributed by atoms with Gasteiger partial charge >= 0.3 is 0 Å². The Labute approximate surface area is 145 Å². The molecule has 0 aliphatic heterocycles. The first kappa shape index (κ1) is 17.0. The van der Waals surface area contributed by atoms with E-state index in [0.717, 1.165) is 12.1 Å². The third kappa shape index (κ3) is 4.60. The van der Waals surface area contributed by atoms with E-state index in [-0.39, 0.29) is 23.5 Å². The second-order valence-electron chi connectivity index (χ2n) is 4.93. The summed E-state index contributed by atoms with van der Waals surface area (Å²) in [4.78, 5) is 12.7. The van der Waals surface area contributed by atoms with Crippen molar-refractivity contribution >= 4 is 29.3 Å². The average molecular weight is 363 g/mol. The van der Waals surface area contributed by atoms with E-state index in [1.807, 2.05) is 0 Å². The zero-order chi connectivity index (χ0) is 17.8. The quantitative estimate of drug-likeness (QED) is 0.670. The maximum absolute atomic E-state index is 13.2. The zero-order valence-electron chi connectivity index (χ0n) is 12.7. The first-order valence-corrected chi connectivity index (χ1v) is 8.09. The van der Waals surface area contributed by atoms with Gasteiger partial charge in [-0.15, -0.1) is 11.8 Å². The molecule has 0 bridgehead atoms. The number of benzene rings is 2. The van der Waals surface area contributed by atoms with Crippen molar-refractivity contribution in [2.24, 2.45) is 0 Å². The standard InChI is InChI=1S/C16H12F3N5S/c17-9-1-3-10(4-2-9)21-16-23-14(22-15(20)24-16)8-25-11-5-6-12(18)13(19)7-11/h1-7H,8H2,(H3,20,21,22,23,24). The monoisotopic (exact) mass is 363 g/mol. The molecule has 25 heavy (non-hydrogen) atoms. The summed E-state index contributed by atoms with van der Waals surface area (Å²) in [6.07, 6.45) is 0. The molecule has 0 fully saturated rings. The molecule has 0 saturated heterocycles. The van der Waals surface area contributed by atoms with Crippen LogP contribution in [-0.4, -0.2) is 15.0 Å². The number of hydrogen-bond acceptors (Lipinski definition) is 6. The van der Waals surface area contributed by atoms with Crippen LogP contribution in [0.3, 0.4) is 0 Å². The van der Waals surface area contributed by atoms with E-state index in [1.165, 1.54) is 42.1 Å². The van der Waals surface area contributed by atoms with Gasteiger partial charge in [0.1, 0.15) is 11.6 Å². The molecule has 3 N–H and O–H groups in total. The maximum Gasteiger partial charge on any atom is 0.232 e. The van der Waals surface area contributed by atoms with Crippen LogP contribution in [0.4, 0.5) is 30.8 Å². The molecule has 1 heterocycles. The molecule has 0 spiro atoms. The molecule has 0 radical (unpaired) electrons. The predicted octanol–water partition coefficient (Wildman–Crippen LogP) is 3.91. The van der Waals surface area contributed by atoms with Gasteiger partial charge in [0.2, 0.25) is 11.9 Å². The van der Waals surface area contributed by atoms with E-state index in [9.17, 15) is 13.2 Å². The molecule has 0 saturated carbocycles. The minimum absolute atomic E-state index is 0.0144. The highest BCUT2D eigenvalue weighted by atomic mass is 32.2. The van der Waals surface area contributed by atoms with Crippen molar-refractivity contribution in [1.82, 2.24) is 15.0 Å². The van der Waals surface area contributed by atoms with Crippen molar-refractivity contribution in [1.29, 1.82) is 0 Å². The summed E-state index contributed by atoms with van der Waals surface area (Å²) in [5.41, 5.74) is 6.26. The summed E-state index contributed by atoms with van der Waals surface area (Å²) in [6, 6.07) is 9.28. The minimum Gasteiger partial charge on any atom is -0.368 e. The molecule has 0 aliphatic carbocycles. The van der Waals surface area contributed by atoms with E-state index < -0.39 is 11.6 Å². The fourth-order valence-electron chi connectivity index (χ4n) is 1.94. The lowest BCUT2D eigenvalue weighted by molar-refractivity contribution is 0.506. The minimum atomic E-state index is -0.918. The Morgan fingerprint density at radius 1 is 0.920 bits per heavy atom. The number of nitrogen functional groups attached to an aromatic ring is 1. The van der Waals surface area contributed by atoms with Crippen LogP contribution in [0.5, 0.6) is 0 Å². The zero-order valence-corrected chi connectivity index (χ0v) is 13.5. The number of nitrogens with two attached hydrogens (primary N) is 1. The van der Waals surface area contributed by atoms with Crippen LogP contribution in [0.2, 0.25) is 0 Å². The van der Waals surface area contributed by atoms with Crippen molar-refractivity contribution in [3.63, 3.8) is 0 Å². The van der Waals surface area contributed by atoms with Gasteiger partial charge in [-0.3, -0.25) is 0 Å². The van der Waals surface area contributed by atoms with Gasteiger partial charge in [-0.2, -0.15) is 15.0 Å². The molecule has 5 nitrogen and oxygen atoms in total. The summed E-state index contributed by atoms with van der Waals surface area (Å²) in [5.74, 6) is -1.30. The van der Waals surface area contributed by atoms with Gasteiger partial charge < -0.3 is 11.1 Å². The highest BCUT2D eigenvalue weighted by molar-refractivity contribution is 7.98. The van der Waals surface area contributed by atoms with E-state index in [4.69, 9.17) is 5.73 Å². The van der Waals surface area contributed by atoms with Crippen LogP contribution in [0.15, 0.2) is 47.4 Å². The van der Waals surface area contributed by atoms with Crippen molar-refractivity contribution in [2.75, 3.05) is 11.1 Å². The number of nitrogens with one attached hydrogen (secondary N) is 1. The van der Waals surface area contributed by atoms with Crippen LogP contribution in [-0.2, 0) is 5.75 Å². The number of anilines is 3. The molecule has 3 rings (SSSR count). The van der Waals surface area contributed by atoms with Crippen LogP contribution >= 0.6 is 11.8 Å². The van der Waals surface area contributed by atoms with Gasteiger partial charge in [-0.05, 0) is 42.5 Å². The van der Waals surface area contributed by atoms with Gasteiger partial charge in [-0.25, -0.2) is 13.2 Å². The van der Waals surface area contributed by atoms with Crippen molar-refractivity contribution < 1.29 is 13.2 Å². The SMILES string of the molecule is Nc1nc(CSc2ccc(F)c(F)c2)nc(Nc2ccc(F)cc2)n1. The summed E-state index contributed by atoms with van der Waals surface area (Å²) >= 11 is 1.23. The van der Waals surface area contributed by atoms with E-state index >= 15 is 0 Å². The Balaban J connectivity index is 1.72. The number of thioether (sulfide) groups is 1. The fourth-order valence-corrected chi connectivity index (χ4v) is 2.71. The molecule has 1 aromatic heterocycles. The van der Waals surface area contributed by atoms with E-state index in [0.29, 0.717) is 16.4 Å². The van der Waals surface area contributed by atoms with Crippen LogP contribution in [0, 0.1) is 17.5 Å². The van der Waals surface area contributed by atoms with Crippen molar-refractivity contribution in [3.05, 3.63) is 65.7 Å². The normalized spacial score (nSPS) is 10.7. The predicted molar refractivity (Wildman–Crippen MR) is 89.8 cm³/mol. The topological polar surface area (TPSA) is 76.7 Å². The van der Waals surface area contributed by atoms with Gasteiger partial charge in [0.25, 0.3) is 0 Å². The van der Waals surface area contributed by atoms with Gasteiger partial charge in [0, 0.05) is 10.6 Å². The largest absolute Gasteiger partial charge is 0.368 e. The van der Waals surface area contributed by atoms with Crippen LogP contribution in [0.1, 0.15) is 5.82 Å². The summed E-state index contributed by atoms with van der Waals surface area (Å²) in [7, 11) is 0. The Bertz CT molecular complexity index is 889. The molecule has 0 atom stereocenters. The number of hydrogen-bond donors (Lipinski definition) is 2. The van der Waals surface area contributed by atoms with Gasteiger partial charge in [-0.1, -0.05) is 0 Å². The van der Waals surface area contributed by atoms with Crippen LogP contribution in [0.25, 0.3) is 0 Å². The Morgan fingerprint density at radius 2 is 1.68 bits per heavy atom. The van der Waals surface area contributed by atoms with E-state index in [1.54, 1.807) is 0 Å². The highest BCUT2D eigenvalue weighted by Crippen LogP contribution is 2.24. The number of halogens is 3. The lowest BCUT2D eigenvalue weighted by Crippen LogP contribution is -2.06. The second-order valence-corrected chi connectivity index (χ2v) is 5.98. The lowest BCUT2D eigenvalue weighted by atomic mass is 10.3. The fraction of sp³-hybridized carbons (Fsp3) is 0.0625. The number of nitrogens with zero attached hydrogens (tertiary/aromatic N) is 3. The smallest absolute Gasteiger partial charge is 0.232 e. The molecule has 9 heteroatoms. The Morgan fingerprint density at radius 3 is 2.40 bits per heavy atom. The molecule has 0 aliphatic rings. The summed E-state index contributed by atoms with van der Waals surface area (Å²) in [5, 5.41) is 2.90. The molecule has 2 aromatic carbocycles. The highest BCUT2D eigenvalue weighted by Gasteiger charge is 2.08. The molecular weight excluding hydrogens is 351 g/mol. The summed E-state index contributed by atoms with van der Waals surface area (Å²) in [6.45, 7) is 0. The summed E-state index contributed by atoms with van der Waals surface area (Å²) < 4.78 is 39.1. The average Bonchev–Trinajstić information content (AvgIpc) is 2.58. The molecule has 3 aromatic rings. The Hall–Kier alpha value is -2.81. The third-order valence-electron chi connectivity index (χ3n) is 3.06. The third-order valence-corrected chi connectivity index (χ3v) is 4.05. The van der Waals surface area contributed by atoms with E-state index in [2.05, 4.69) is 20.3 Å². The lowest BCUT2D eigenvalue weighted by Gasteiger charge is -2.07. The van der Waals surface area contributed by atoms with Gasteiger partial charge in [0.05, 0.1) is 5.75 Å². The maximum atomic E-state index is 13.2. The molecule has 0 unspecified atom stereocenters. The molecule has 0 amide bonds.